The van der Waals surface area contributed by atoms with Crippen LogP contribution in [-0.2, 0) is 11.2 Å². The van der Waals surface area contributed by atoms with Crippen molar-refractivity contribution in [2.75, 3.05) is 27.3 Å². The van der Waals surface area contributed by atoms with E-state index in [2.05, 4.69) is 4.98 Å². The molecule has 0 bridgehead atoms. The number of hydrogen-bond donors (Lipinski definition) is 1. The van der Waals surface area contributed by atoms with Gasteiger partial charge in [0.25, 0.3) is 0 Å². The highest BCUT2D eigenvalue weighted by Gasteiger charge is 2.11. The van der Waals surface area contributed by atoms with E-state index in [-0.39, 0.29) is 12.5 Å². The summed E-state index contributed by atoms with van der Waals surface area (Å²) in [5.74, 6) is 1.92. The average molecular weight is 304 g/mol. The molecule has 1 aromatic carbocycles. The molecule has 0 spiro atoms. The molecule has 2 rings (SSSR count). The Kier molecular flexibility index (Phi) is 5.55. The predicted molar refractivity (Wildman–Crippen MR) is 81.5 cm³/mol. The molecule has 1 heterocycles. The number of amides is 1. The van der Waals surface area contributed by atoms with Crippen molar-refractivity contribution >= 4 is 5.91 Å². The average Bonchev–Trinajstić information content (AvgIpc) is 3.02. The molecule has 0 aliphatic heterocycles. The second kappa shape index (κ2) is 7.61. The first-order chi connectivity index (χ1) is 10.6. The Morgan fingerprint density at radius 3 is 2.73 bits per heavy atom. The first-order valence-electron chi connectivity index (χ1n) is 7.08. The van der Waals surface area contributed by atoms with E-state index in [0.717, 1.165) is 11.3 Å². The number of aliphatic hydroxyl groups excluding tert-OH is 1. The van der Waals surface area contributed by atoms with Gasteiger partial charge in [0.15, 0.2) is 11.7 Å². The molecule has 1 N–H and O–H groups in total. The van der Waals surface area contributed by atoms with Crippen LogP contribution in [0.3, 0.4) is 0 Å². The predicted octanol–water partition coefficient (Wildman–Crippen LogP) is 1.73. The van der Waals surface area contributed by atoms with E-state index in [1.165, 1.54) is 4.90 Å². The molecule has 0 atom stereocenters. The van der Waals surface area contributed by atoms with E-state index < -0.39 is 0 Å². The number of carbonyl (C=O) groups is 1. The quantitative estimate of drug-likeness (QED) is 0.843. The van der Waals surface area contributed by atoms with Gasteiger partial charge in [-0.2, -0.15) is 0 Å². The number of nitrogens with zero attached hydrogens (tertiary/aromatic N) is 2. The zero-order valence-electron chi connectivity index (χ0n) is 12.8. The van der Waals surface area contributed by atoms with E-state index in [0.29, 0.717) is 31.0 Å². The van der Waals surface area contributed by atoms with Gasteiger partial charge in [-0.3, -0.25) is 4.79 Å². The molecule has 1 aromatic heterocycles. The number of benzene rings is 1. The highest BCUT2D eigenvalue weighted by molar-refractivity contribution is 5.76. The number of likely N-dealkylation sites (N-methyl/N-ethyl adjacent to an activating group) is 1. The van der Waals surface area contributed by atoms with Crippen LogP contribution in [0.1, 0.15) is 12.3 Å². The Labute approximate surface area is 129 Å². The van der Waals surface area contributed by atoms with Gasteiger partial charge in [-0.05, 0) is 24.3 Å². The molecule has 0 radical (unpaired) electrons. The first kappa shape index (κ1) is 16.0. The molecule has 0 saturated heterocycles. The van der Waals surface area contributed by atoms with Crippen molar-refractivity contribution in [3.05, 3.63) is 36.4 Å². The monoisotopic (exact) mass is 304 g/mol. The zero-order valence-corrected chi connectivity index (χ0v) is 12.8. The van der Waals surface area contributed by atoms with Crippen molar-refractivity contribution in [3.63, 3.8) is 0 Å². The molecule has 6 nitrogen and oxygen atoms in total. The first-order valence-corrected chi connectivity index (χ1v) is 7.08. The van der Waals surface area contributed by atoms with Gasteiger partial charge >= 0.3 is 0 Å². The van der Waals surface area contributed by atoms with Crippen LogP contribution < -0.4 is 4.74 Å². The molecule has 1 amide bonds. The van der Waals surface area contributed by atoms with Crippen LogP contribution in [0.2, 0.25) is 0 Å². The highest BCUT2D eigenvalue weighted by Crippen LogP contribution is 2.23. The molecule has 0 unspecified atom stereocenters. The Balaban J connectivity index is 1.95. The van der Waals surface area contributed by atoms with E-state index in [4.69, 9.17) is 14.3 Å². The lowest BCUT2D eigenvalue weighted by Crippen LogP contribution is -2.29. The second-order valence-electron chi connectivity index (χ2n) is 4.89. The van der Waals surface area contributed by atoms with Gasteiger partial charge in [0.1, 0.15) is 5.75 Å². The van der Waals surface area contributed by atoms with E-state index in [1.54, 1.807) is 20.4 Å². The largest absolute Gasteiger partial charge is 0.497 e. The minimum absolute atomic E-state index is 0.0388. The molecule has 22 heavy (non-hydrogen) atoms. The fraction of sp³-hybridized carbons (Fsp3) is 0.375. The molecule has 0 saturated carbocycles. The summed E-state index contributed by atoms with van der Waals surface area (Å²) in [5, 5.41) is 8.80. The number of carbonyl (C=O) groups excluding carboxylic acids is 1. The molecular formula is C16H20N2O4. The number of aliphatic hydroxyl groups is 1. The summed E-state index contributed by atoms with van der Waals surface area (Å²) >= 11 is 0. The Hall–Kier alpha value is -2.34. The fourth-order valence-corrected chi connectivity index (χ4v) is 1.99. The van der Waals surface area contributed by atoms with Crippen LogP contribution >= 0.6 is 0 Å². The third-order valence-corrected chi connectivity index (χ3v) is 3.34. The van der Waals surface area contributed by atoms with Gasteiger partial charge in [-0.1, -0.05) is 0 Å². The summed E-state index contributed by atoms with van der Waals surface area (Å²) < 4.78 is 10.8. The maximum absolute atomic E-state index is 11.8. The second-order valence-corrected chi connectivity index (χ2v) is 4.89. The van der Waals surface area contributed by atoms with E-state index in [1.807, 2.05) is 24.3 Å². The molecule has 118 valence electrons. The lowest BCUT2D eigenvalue weighted by Gasteiger charge is -2.14. The van der Waals surface area contributed by atoms with Crippen LogP contribution in [-0.4, -0.2) is 48.2 Å². The third-order valence-electron chi connectivity index (χ3n) is 3.34. The molecule has 6 heteroatoms. The topological polar surface area (TPSA) is 75.8 Å². The number of aryl methyl sites for hydroxylation is 1. The van der Waals surface area contributed by atoms with Crippen LogP contribution in [0, 0.1) is 0 Å². The number of ether oxygens (including phenoxy) is 1. The summed E-state index contributed by atoms with van der Waals surface area (Å²) in [7, 11) is 3.28. The van der Waals surface area contributed by atoms with Crippen LogP contribution in [0.5, 0.6) is 5.75 Å². The fourth-order valence-electron chi connectivity index (χ4n) is 1.99. The number of rotatable bonds is 7. The Morgan fingerprint density at radius 2 is 2.09 bits per heavy atom. The van der Waals surface area contributed by atoms with Crippen molar-refractivity contribution < 1.29 is 19.1 Å². The molecule has 0 aliphatic rings. The van der Waals surface area contributed by atoms with Gasteiger partial charge in [-0.15, -0.1) is 0 Å². The van der Waals surface area contributed by atoms with Crippen molar-refractivity contribution in [1.82, 2.24) is 9.88 Å². The Morgan fingerprint density at radius 1 is 1.36 bits per heavy atom. The van der Waals surface area contributed by atoms with Gasteiger partial charge in [0.2, 0.25) is 5.91 Å². The van der Waals surface area contributed by atoms with Gasteiger partial charge in [0, 0.05) is 32.0 Å². The lowest BCUT2D eigenvalue weighted by atomic mass is 10.2. The van der Waals surface area contributed by atoms with E-state index in [9.17, 15) is 4.79 Å². The van der Waals surface area contributed by atoms with Crippen LogP contribution in [0.15, 0.2) is 34.9 Å². The van der Waals surface area contributed by atoms with Crippen LogP contribution in [0.4, 0.5) is 0 Å². The lowest BCUT2D eigenvalue weighted by molar-refractivity contribution is -0.130. The minimum Gasteiger partial charge on any atom is -0.497 e. The normalized spacial score (nSPS) is 10.5. The summed E-state index contributed by atoms with van der Waals surface area (Å²) in [4.78, 5) is 17.5. The maximum atomic E-state index is 11.8. The highest BCUT2D eigenvalue weighted by atomic mass is 16.5. The maximum Gasteiger partial charge on any atom is 0.222 e. The summed E-state index contributed by atoms with van der Waals surface area (Å²) in [5.41, 5.74) is 0.906. The van der Waals surface area contributed by atoms with Gasteiger partial charge < -0.3 is 19.2 Å². The minimum atomic E-state index is -0.0433. The van der Waals surface area contributed by atoms with Crippen molar-refractivity contribution in [3.8, 4) is 17.1 Å². The zero-order chi connectivity index (χ0) is 15.9. The summed E-state index contributed by atoms with van der Waals surface area (Å²) in [6, 6.07) is 7.49. The number of hydrogen-bond acceptors (Lipinski definition) is 5. The summed E-state index contributed by atoms with van der Waals surface area (Å²) in [6.07, 6.45) is 2.39. The number of oxazole rings is 1. The van der Waals surface area contributed by atoms with Gasteiger partial charge in [-0.25, -0.2) is 4.98 Å². The molecular weight excluding hydrogens is 284 g/mol. The standard InChI is InChI=1S/C16H20N2O4/c1-18(9-10-19)16(20)8-7-15-17-11-14(22-15)12-3-5-13(21-2)6-4-12/h3-6,11,19H,7-10H2,1-2H3. The summed E-state index contributed by atoms with van der Waals surface area (Å²) in [6.45, 7) is 0.296. The molecule has 2 aromatic rings. The van der Waals surface area contributed by atoms with Crippen molar-refractivity contribution in [2.45, 2.75) is 12.8 Å². The molecule has 0 aliphatic carbocycles. The number of aromatic nitrogens is 1. The SMILES string of the molecule is COc1ccc(-c2cnc(CCC(=O)N(C)CCO)o2)cc1. The van der Waals surface area contributed by atoms with E-state index >= 15 is 0 Å². The third kappa shape index (κ3) is 4.08. The van der Waals surface area contributed by atoms with Gasteiger partial charge in [0.05, 0.1) is 19.9 Å². The molecule has 0 fully saturated rings. The number of methoxy groups -OCH3 is 1. The smallest absolute Gasteiger partial charge is 0.222 e. The van der Waals surface area contributed by atoms with Crippen molar-refractivity contribution in [2.24, 2.45) is 0 Å². The Bertz CT molecular complexity index is 607. The van der Waals surface area contributed by atoms with Crippen LogP contribution in [0.25, 0.3) is 11.3 Å². The van der Waals surface area contributed by atoms with Crippen molar-refractivity contribution in [1.29, 1.82) is 0 Å².